The maximum atomic E-state index is 12.9. The van der Waals surface area contributed by atoms with E-state index < -0.39 is 0 Å². The summed E-state index contributed by atoms with van der Waals surface area (Å²) in [4.78, 5) is 22.2. The Morgan fingerprint density at radius 2 is 1.84 bits per heavy atom. The molecule has 3 aliphatic heterocycles. The molecule has 1 atom stereocenters. The number of amides is 2. The summed E-state index contributed by atoms with van der Waals surface area (Å²) in [6.45, 7) is 12.8. The van der Waals surface area contributed by atoms with Gasteiger partial charge in [-0.2, -0.15) is 0 Å². The summed E-state index contributed by atoms with van der Waals surface area (Å²) in [7, 11) is 0. The van der Waals surface area contributed by atoms with Crippen LogP contribution in [0, 0.1) is 12.8 Å². The number of nitrogens with one attached hydrogen (secondary N) is 2. The second-order valence-electron chi connectivity index (χ2n) is 11.0. The van der Waals surface area contributed by atoms with E-state index in [9.17, 15) is 4.79 Å². The first-order valence-electron chi connectivity index (χ1n) is 13.8. The van der Waals surface area contributed by atoms with Gasteiger partial charge in [-0.05, 0) is 80.0 Å². The average molecular weight is 508 g/mol. The van der Waals surface area contributed by atoms with Crippen molar-refractivity contribution in [1.82, 2.24) is 9.88 Å². The Labute approximate surface area is 220 Å². The van der Waals surface area contributed by atoms with Crippen LogP contribution >= 0.6 is 0 Å². The van der Waals surface area contributed by atoms with Crippen molar-refractivity contribution in [2.75, 3.05) is 68.1 Å². The van der Waals surface area contributed by atoms with Crippen molar-refractivity contribution in [1.29, 1.82) is 0 Å². The molecule has 2 amide bonds. The minimum atomic E-state index is -0.0525. The van der Waals surface area contributed by atoms with Gasteiger partial charge >= 0.3 is 6.03 Å². The number of hydrogen-bond acceptors (Lipinski definition) is 6. The molecule has 0 spiro atoms. The molecule has 0 aliphatic carbocycles. The Balaban J connectivity index is 1.43. The Hall–Kier alpha value is -2.84. The number of morpholine rings is 1. The van der Waals surface area contributed by atoms with E-state index >= 15 is 0 Å². The lowest BCUT2D eigenvalue weighted by atomic mass is 9.92. The third-order valence-electron chi connectivity index (χ3n) is 8.12. The molecule has 5 rings (SSSR count). The van der Waals surface area contributed by atoms with Gasteiger partial charge in [-0.3, -0.25) is 0 Å². The maximum Gasteiger partial charge on any atom is 0.321 e. The molecule has 3 saturated heterocycles. The van der Waals surface area contributed by atoms with Crippen LogP contribution in [0.3, 0.4) is 0 Å². The highest BCUT2D eigenvalue weighted by Gasteiger charge is 2.28. The fraction of sp³-hybridized carbons (Fsp3) is 0.586. The SMILES string of the molecule is CC[C@@H]1CCN(C(=O)Nc2ccc(C)c(-c3cc(NC4(C)CCOCC4)nc(N4CCOCC4)c3)c2)C1. The van der Waals surface area contributed by atoms with Crippen molar-refractivity contribution in [3.63, 3.8) is 0 Å². The number of anilines is 3. The molecule has 0 bridgehead atoms. The van der Waals surface area contributed by atoms with E-state index in [0.717, 1.165) is 99.1 Å². The zero-order valence-electron chi connectivity index (χ0n) is 22.5. The molecule has 3 fully saturated rings. The van der Waals surface area contributed by atoms with Gasteiger partial charge in [0, 0.05) is 50.6 Å². The lowest BCUT2D eigenvalue weighted by molar-refractivity contribution is 0.0657. The van der Waals surface area contributed by atoms with E-state index in [4.69, 9.17) is 14.5 Å². The summed E-state index contributed by atoms with van der Waals surface area (Å²) >= 11 is 0. The first-order valence-corrected chi connectivity index (χ1v) is 13.8. The molecule has 0 saturated carbocycles. The Morgan fingerprint density at radius 3 is 2.57 bits per heavy atom. The number of urea groups is 1. The van der Waals surface area contributed by atoms with E-state index in [1.807, 2.05) is 11.0 Å². The molecule has 1 aromatic carbocycles. The monoisotopic (exact) mass is 507 g/mol. The van der Waals surface area contributed by atoms with Gasteiger partial charge in [0.1, 0.15) is 11.6 Å². The van der Waals surface area contributed by atoms with E-state index in [2.05, 4.69) is 60.6 Å². The number of benzene rings is 1. The number of aryl methyl sites for hydroxylation is 1. The molecule has 2 aromatic rings. The van der Waals surface area contributed by atoms with Crippen LogP contribution in [-0.4, -0.2) is 74.1 Å². The van der Waals surface area contributed by atoms with Crippen LogP contribution in [0.1, 0.15) is 45.1 Å². The molecule has 2 N–H and O–H groups in total. The summed E-state index contributed by atoms with van der Waals surface area (Å²) in [5.41, 5.74) is 4.12. The van der Waals surface area contributed by atoms with Crippen LogP contribution in [0.25, 0.3) is 11.1 Å². The van der Waals surface area contributed by atoms with Gasteiger partial charge in [-0.25, -0.2) is 9.78 Å². The predicted octanol–water partition coefficient (Wildman–Crippen LogP) is 5.14. The second-order valence-corrected chi connectivity index (χ2v) is 11.0. The minimum Gasteiger partial charge on any atom is -0.381 e. The van der Waals surface area contributed by atoms with Crippen molar-refractivity contribution in [3.05, 3.63) is 35.9 Å². The predicted molar refractivity (Wildman–Crippen MR) is 149 cm³/mol. The molecule has 0 unspecified atom stereocenters. The second kappa shape index (κ2) is 11.3. The number of aromatic nitrogens is 1. The fourth-order valence-electron chi connectivity index (χ4n) is 5.51. The first-order chi connectivity index (χ1) is 17.9. The molecule has 3 aliphatic rings. The van der Waals surface area contributed by atoms with Crippen molar-refractivity contribution >= 4 is 23.4 Å². The minimum absolute atomic E-state index is 0.00992. The van der Waals surface area contributed by atoms with Crippen molar-refractivity contribution in [2.45, 2.75) is 52.0 Å². The number of pyridine rings is 1. The smallest absolute Gasteiger partial charge is 0.321 e. The van der Waals surface area contributed by atoms with Crippen LogP contribution < -0.4 is 15.5 Å². The zero-order chi connectivity index (χ0) is 25.8. The molecule has 8 heteroatoms. The normalized spacial score (nSPS) is 21.6. The number of nitrogens with zero attached hydrogens (tertiary/aromatic N) is 3. The maximum absolute atomic E-state index is 12.9. The standard InChI is InChI=1S/C29H41N5O3/c1-4-22-7-10-34(20-22)28(35)30-24-6-5-21(2)25(19-24)23-17-26(32-29(3)8-13-36-14-9-29)31-27(18-23)33-11-15-37-16-12-33/h5-6,17-19,22H,4,7-16,20H2,1-3H3,(H,30,35)(H,31,32)/t22-/m1/s1. The van der Waals surface area contributed by atoms with Gasteiger partial charge in [0.05, 0.1) is 13.2 Å². The fourth-order valence-corrected chi connectivity index (χ4v) is 5.51. The number of ether oxygens (including phenoxy) is 2. The summed E-state index contributed by atoms with van der Waals surface area (Å²) < 4.78 is 11.2. The lowest BCUT2D eigenvalue weighted by Crippen LogP contribution is -2.41. The molecular formula is C29H41N5O3. The number of carbonyl (C=O) groups excluding carboxylic acids is 1. The van der Waals surface area contributed by atoms with Crippen molar-refractivity contribution in [3.8, 4) is 11.1 Å². The highest BCUT2D eigenvalue weighted by molar-refractivity contribution is 5.91. The number of likely N-dealkylation sites (tertiary alicyclic amines) is 1. The third-order valence-corrected chi connectivity index (χ3v) is 8.12. The summed E-state index contributed by atoms with van der Waals surface area (Å²) in [5.74, 6) is 2.44. The topological polar surface area (TPSA) is 79.0 Å². The Kier molecular flexibility index (Phi) is 7.86. The van der Waals surface area contributed by atoms with Crippen molar-refractivity contribution in [2.24, 2.45) is 5.92 Å². The van der Waals surface area contributed by atoms with Gasteiger partial charge in [-0.15, -0.1) is 0 Å². The van der Waals surface area contributed by atoms with Gasteiger partial charge in [-0.1, -0.05) is 19.4 Å². The van der Waals surface area contributed by atoms with Gasteiger partial charge in [0.25, 0.3) is 0 Å². The van der Waals surface area contributed by atoms with Crippen molar-refractivity contribution < 1.29 is 14.3 Å². The lowest BCUT2D eigenvalue weighted by Gasteiger charge is -2.35. The average Bonchev–Trinajstić information content (AvgIpc) is 3.40. The molecule has 37 heavy (non-hydrogen) atoms. The van der Waals surface area contributed by atoms with Crippen LogP contribution in [0.4, 0.5) is 22.1 Å². The number of hydrogen-bond donors (Lipinski definition) is 2. The molecule has 4 heterocycles. The third kappa shape index (κ3) is 6.18. The molecule has 1 aromatic heterocycles. The number of carbonyl (C=O) groups is 1. The highest BCUT2D eigenvalue weighted by atomic mass is 16.5. The van der Waals surface area contributed by atoms with Gasteiger partial charge in [0.2, 0.25) is 0 Å². The first kappa shape index (κ1) is 25.8. The van der Waals surface area contributed by atoms with E-state index in [-0.39, 0.29) is 11.6 Å². The van der Waals surface area contributed by atoms with Crippen LogP contribution in [0.15, 0.2) is 30.3 Å². The summed E-state index contributed by atoms with van der Waals surface area (Å²) in [6.07, 6.45) is 4.10. The van der Waals surface area contributed by atoms with E-state index in [1.165, 1.54) is 0 Å². The van der Waals surface area contributed by atoms with Gasteiger partial charge < -0.3 is 29.9 Å². The summed E-state index contributed by atoms with van der Waals surface area (Å²) in [6, 6.07) is 10.5. The Morgan fingerprint density at radius 1 is 1.08 bits per heavy atom. The molecule has 0 radical (unpaired) electrons. The van der Waals surface area contributed by atoms with Crippen LogP contribution in [0.5, 0.6) is 0 Å². The van der Waals surface area contributed by atoms with Crippen LogP contribution in [-0.2, 0) is 9.47 Å². The molecular weight excluding hydrogens is 466 g/mol. The summed E-state index contributed by atoms with van der Waals surface area (Å²) in [5, 5.41) is 6.88. The molecule has 8 nitrogen and oxygen atoms in total. The molecule has 200 valence electrons. The van der Waals surface area contributed by atoms with E-state index in [1.54, 1.807) is 0 Å². The zero-order valence-corrected chi connectivity index (χ0v) is 22.5. The van der Waals surface area contributed by atoms with Crippen LogP contribution in [0.2, 0.25) is 0 Å². The highest BCUT2D eigenvalue weighted by Crippen LogP contribution is 2.34. The number of rotatable bonds is 6. The quantitative estimate of drug-likeness (QED) is 0.564. The largest absolute Gasteiger partial charge is 0.381 e. The van der Waals surface area contributed by atoms with E-state index in [0.29, 0.717) is 19.1 Å². The van der Waals surface area contributed by atoms with Gasteiger partial charge in [0.15, 0.2) is 0 Å². The Bertz CT molecular complexity index is 1090.